The number of unbranched alkanes of at least 4 members (excludes halogenated alkanes) is 1. The van der Waals surface area contributed by atoms with Gasteiger partial charge in [-0.25, -0.2) is 0 Å². The Morgan fingerprint density at radius 1 is 0.629 bits per heavy atom. The summed E-state index contributed by atoms with van der Waals surface area (Å²) in [4.78, 5) is 0. The highest BCUT2D eigenvalue weighted by molar-refractivity contribution is 7.43. The van der Waals surface area contributed by atoms with Crippen LogP contribution in [0.5, 0.6) is 5.75 Å². The van der Waals surface area contributed by atoms with E-state index in [9.17, 15) is 0 Å². The highest BCUT2D eigenvalue weighted by Gasteiger charge is 2.10. The summed E-state index contributed by atoms with van der Waals surface area (Å²) < 4.78 is 6.52. The Kier molecular flexibility index (Phi) is 5.94. The van der Waals surface area contributed by atoms with Crippen LogP contribution in [-0.2, 0) is 0 Å². The zero-order valence-electron chi connectivity index (χ0n) is 19.8. The molecule has 0 aliphatic carbocycles. The van der Waals surface area contributed by atoms with Gasteiger partial charge in [0.05, 0.1) is 0 Å². The van der Waals surface area contributed by atoms with Gasteiger partial charge in [0.1, 0.15) is 14.6 Å². The first-order valence-corrected chi connectivity index (χ1v) is 13.2. The molecule has 6 aromatic carbocycles. The minimum absolute atomic E-state index is 0.222. The van der Waals surface area contributed by atoms with Crippen LogP contribution in [0.3, 0.4) is 0 Å². The molecule has 1 atom stereocenters. The molecule has 6 aromatic rings. The van der Waals surface area contributed by atoms with Gasteiger partial charge in [-0.15, -0.1) is 0 Å². The Labute approximate surface area is 207 Å². The molecule has 0 heterocycles. The quantitative estimate of drug-likeness (QED) is 0.174. The third-order valence-electron chi connectivity index (χ3n) is 6.65. The first-order valence-electron chi connectivity index (χ1n) is 12.3. The normalized spacial score (nSPS) is 12.1. The maximum atomic E-state index is 6.52. The van der Waals surface area contributed by atoms with Crippen molar-refractivity contribution in [3.8, 4) is 5.75 Å². The van der Waals surface area contributed by atoms with Gasteiger partial charge >= 0.3 is 0 Å². The fraction of sp³-hybridized carbons (Fsp3) is 0.0909. The van der Waals surface area contributed by atoms with Gasteiger partial charge in [0, 0.05) is 10.7 Å². The number of hydrogen-bond acceptors (Lipinski definition) is 1. The molecule has 6 rings (SSSR count). The monoisotopic (exact) mass is 470 g/mol. The Bertz CT molecular complexity index is 1710. The summed E-state index contributed by atoms with van der Waals surface area (Å²) in [6, 6.07) is 37.1. The van der Waals surface area contributed by atoms with E-state index < -0.39 is 0 Å². The lowest BCUT2D eigenvalue weighted by Gasteiger charge is -2.14. The highest BCUT2D eigenvalue weighted by Crippen LogP contribution is 2.35. The van der Waals surface area contributed by atoms with Gasteiger partial charge in [0.15, 0.2) is 0 Å². The number of hydrogen-bond donors (Lipinski definition) is 0. The van der Waals surface area contributed by atoms with Crippen LogP contribution in [0.1, 0.15) is 25.3 Å². The first kappa shape index (κ1) is 21.8. The van der Waals surface area contributed by atoms with Crippen molar-refractivity contribution in [1.82, 2.24) is 0 Å². The van der Waals surface area contributed by atoms with Crippen molar-refractivity contribution in [3.63, 3.8) is 0 Å². The van der Waals surface area contributed by atoms with E-state index in [1.54, 1.807) is 0 Å². The maximum absolute atomic E-state index is 6.52. The van der Waals surface area contributed by atoms with Gasteiger partial charge in [-0.2, -0.15) is 0 Å². The number of rotatable bonds is 6. The smallest absolute Gasteiger partial charge is 0.131 e. The summed E-state index contributed by atoms with van der Waals surface area (Å²) in [5.74, 6) is 0.937. The van der Waals surface area contributed by atoms with E-state index in [-0.39, 0.29) is 8.81 Å². The second kappa shape index (κ2) is 9.53. The van der Waals surface area contributed by atoms with Crippen LogP contribution in [0, 0.1) is 0 Å². The Hall–Kier alpha value is -3.67. The average Bonchev–Trinajstić information content (AvgIpc) is 2.90. The van der Waals surface area contributed by atoms with Crippen LogP contribution < -0.4 is 9.83 Å². The molecule has 35 heavy (non-hydrogen) atoms. The fourth-order valence-electron chi connectivity index (χ4n) is 4.80. The molecule has 0 fully saturated rings. The van der Waals surface area contributed by atoms with Gasteiger partial charge < -0.3 is 4.52 Å². The van der Waals surface area contributed by atoms with E-state index in [2.05, 4.69) is 122 Å². The minimum atomic E-state index is 0.222. The molecule has 0 aliphatic heterocycles. The lowest BCUT2D eigenvalue weighted by atomic mass is 9.99. The molecule has 0 saturated carbocycles. The highest BCUT2D eigenvalue weighted by atomic mass is 31.1. The van der Waals surface area contributed by atoms with E-state index in [0.717, 1.165) is 24.0 Å². The lowest BCUT2D eigenvalue weighted by molar-refractivity contribution is 0.646. The van der Waals surface area contributed by atoms with Crippen molar-refractivity contribution < 1.29 is 4.52 Å². The number of benzene rings is 6. The van der Waals surface area contributed by atoms with Crippen LogP contribution in [0.15, 0.2) is 109 Å². The van der Waals surface area contributed by atoms with Gasteiger partial charge in [0.2, 0.25) is 0 Å². The van der Waals surface area contributed by atoms with Crippen LogP contribution >= 0.6 is 8.81 Å². The predicted molar refractivity (Wildman–Crippen MR) is 155 cm³/mol. The standard InChI is InChI=1S/C33H27OP/c1-2-3-4-10-23-17-18-33(31-22-27-14-8-7-12-25(27)20-29(23)31)35-34-32-16-9-15-28-19-24-11-5-6-13-26(24)21-30(28)32/h4-22,35H,2-3H2,1H3. The van der Waals surface area contributed by atoms with Gasteiger partial charge in [-0.3, -0.25) is 0 Å². The van der Waals surface area contributed by atoms with Crippen LogP contribution in [0.25, 0.3) is 49.2 Å². The SMILES string of the molecule is CCCC=Cc1ccc(POc2cccc3cc4ccccc4cc23)c2cc3ccccc3cc12. The molecule has 1 nitrogen and oxygen atoms in total. The predicted octanol–water partition coefficient (Wildman–Crippen LogP) is 9.41. The molecule has 2 heteroatoms. The van der Waals surface area contributed by atoms with E-state index in [0.29, 0.717) is 0 Å². The second-order valence-electron chi connectivity index (χ2n) is 9.02. The molecule has 0 amide bonds. The molecular weight excluding hydrogens is 443 g/mol. The van der Waals surface area contributed by atoms with Crippen molar-refractivity contribution in [1.29, 1.82) is 0 Å². The van der Waals surface area contributed by atoms with E-state index in [1.165, 1.54) is 48.6 Å². The maximum Gasteiger partial charge on any atom is 0.131 e. The molecule has 0 saturated heterocycles. The minimum Gasteiger partial charge on any atom is -0.472 e. The lowest BCUT2D eigenvalue weighted by Crippen LogP contribution is -2.01. The topological polar surface area (TPSA) is 9.23 Å². The Balaban J connectivity index is 1.42. The first-order chi connectivity index (χ1) is 17.3. The summed E-state index contributed by atoms with van der Waals surface area (Å²) in [5, 5.41) is 11.2. The molecule has 0 aliphatic rings. The van der Waals surface area contributed by atoms with Gasteiger partial charge in [-0.05, 0) is 80.0 Å². The van der Waals surface area contributed by atoms with Crippen molar-refractivity contribution in [2.45, 2.75) is 19.8 Å². The molecule has 0 aromatic heterocycles. The van der Waals surface area contributed by atoms with Crippen LogP contribution in [-0.4, -0.2) is 0 Å². The van der Waals surface area contributed by atoms with Crippen LogP contribution in [0.2, 0.25) is 0 Å². The third kappa shape index (κ3) is 4.29. The van der Waals surface area contributed by atoms with Gasteiger partial charge in [0.25, 0.3) is 0 Å². The molecule has 1 unspecified atom stereocenters. The van der Waals surface area contributed by atoms with Gasteiger partial charge in [-0.1, -0.05) is 98.3 Å². The molecule has 0 bridgehead atoms. The molecule has 0 radical (unpaired) electrons. The molecule has 0 spiro atoms. The van der Waals surface area contributed by atoms with Crippen LogP contribution in [0.4, 0.5) is 0 Å². The summed E-state index contributed by atoms with van der Waals surface area (Å²) in [6.07, 6.45) is 6.80. The molecular formula is C33H27OP. The summed E-state index contributed by atoms with van der Waals surface area (Å²) in [5.41, 5.74) is 1.27. The summed E-state index contributed by atoms with van der Waals surface area (Å²) in [6.45, 7) is 2.22. The van der Waals surface area contributed by atoms with Crippen molar-refractivity contribution in [2.75, 3.05) is 0 Å². The second-order valence-corrected chi connectivity index (χ2v) is 9.97. The van der Waals surface area contributed by atoms with Crippen molar-refractivity contribution >= 4 is 63.3 Å². The number of fused-ring (bicyclic) bond motifs is 4. The summed E-state index contributed by atoms with van der Waals surface area (Å²) >= 11 is 0. The Morgan fingerprint density at radius 2 is 1.26 bits per heavy atom. The zero-order valence-corrected chi connectivity index (χ0v) is 20.8. The average molecular weight is 471 g/mol. The largest absolute Gasteiger partial charge is 0.472 e. The molecule has 170 valence electrons. The third-order valence-corrected chi connectivity index (χ3v) is 7.62. The zero-order chi connectivity index (χ0) is 23.6. The van der Waals surface area contributed by atoms with E-state index in [1.807, 2.05) is 0 Å². The molecule has 0 N–H and O–H groups in total. The Morgan fingerprint density at radius 3 is 1.97 bits per heavy atom. The van der Waals surface area contributed by atoms with Crippen molar-refractivity contribution in [3.05, 3.63) is 115 Å². The summed E-state index contributed by atoms with van der Waals surface area (Å²) in [7, 11) is 0.222. The number of allylic oxidation sites excluding steroid dienone is 1. The fourth-order valence-corrected chi connectivity index (χ4v) is 5.67. The van der Waals surface area contributed by atoms with E-state index in [4.69, 9.17) is 4.52 Å². The van der Waals surface area contributed by atoms with E-state index >= 15 is 0 Å². The van der Waals surface area contributed by atoms with Crippen molar-refractivity contribution in [2.24, 2.45) is 0 Å².